The lowest BCUT2D eigenvalue weighted by molar-refractivity contribution is 0.0690. The summed E-state index contributed by atoms with van der Waals surface area (Å²) < 4.78 is 1.30. The summed E-state index contributed by atoms with van der Waals surface area (Å²) in [7, 11) is 0. The quantitative estimate of drug-likeness (QED) is 0.656. The lowest BCUT2D eigenvalue weighted by atomic mass is 10.4. The fourth-order valence-corrected chi connectivity index (χ4v) is 1.01. The summed E-state index contributed by atoms with van der Waals surface area (Å²) in [6.45, 7) is -0.300. The van der Waals surface area contributed by atoms with E-state index in [2.05, 4.69) is 15.1 Å². The van der Waals surface area contributed by atoms with Gasteiger partial charge in [0.2, 0.25) is 0 Å². The minimum atomic E-state index is -1.12. The van der Waals surface area contributed by atoms with E-state index < -0.39 is 5.97 Å². The zero-order valence-corrected chi connectivity index (χ0v) is 6.95. The molecule has 7 heteroatoms. The Labute approximate surface area is 77.7 Å². The SMILES string of the molecule is O=C(O)c1ccn2nc(CO)nc2n1. The molecule has 2 aromatic heterocycles. The molecule has 0 fully saturated rings. The maximum absolute atomic E-state index is 10.6. The molecule has 0 unspecified atom stereocenters. The van der Waals surface area contributed by atoms with Gasteiger partial charge in [-0.25, -0.2) is 14.3 Å². The highest BCUT2D eigenvalue weighted by Gasteiger charge is 2.08. The highest BCUT2D eigenvalue weighted by molar-refractivity contribution is 5.85. The minimum absolute atomic E-state index is 0.102. The molecule has 2 aromatic rings. The molecule has 0 atom stereocenters. The zero-order valence-electron chi connectivity index (χ0n) is 6.95. The molecular formula is C7H6N4O3. The molecule has 0 aromatic carbocycles. The van der Waals surface area contributed by atoms with Crippen molar-refractivity contribution >= 4 is 11.7 Å². The van der Waals surface area contributed by atoms with Crippen LogP contribution in [-0.2, 0) is 6.61 Å². The third kappa shape index (κ3) is 1.29. The van der Waals surface area contributed by atoms with E-state index >= 15 is 0 Å². The number of nitrogens with zero attached hydrogens (tertiary/aromatic N) is 4. The second kappa shape index (κ2) is 3.04. The lowest BCUT2D eigenvalue weighted by Gasteiger charge is -1.92. The third-order valence-corrected chi connectivity index (χ3v) is 1.61. The van der Waals surface area contributed by atoms with Crippen LogP contribution >= 0.6 is 0 Å². The van der Waals surface area contributed by atoms with Gasteiger partial charge < -0.3 is 10.2 Å². The van der Waals surface area contributed by atoms with Crippen molar-refractivity contribution in [2.45, 2.75) is 6.61 Å². The smallest absolute Gasteiger partial charge is 0.354 e. The summed E-state index contributed by atoms with van der Waals surface area (Å²) in [6.07, 6.45) is 1.43. The molecule has 0 amide bonds. The molecule has 0 spiro atoms. The highest BCUT2D eigenvalue weighted by Crippen LogP contribution is 2.00. The van der Waals surface area contributed by atoms with E-state index in [1.807, 2.05) is 0 Å². The maximum atomic E-state index is 10.6. The monoisotopic (exact) mass is 194 g/mol. The van der Waals surface area contributed by atoms with Crippen molar-refractivity contribution in [3.05, 3.63) is 23.8 Å². The lowest BCUT2D eigenvalue weighted by Crippen LogP contribution is -2.02. The zero-order chi connectivity index (χ0) is 10.1. The Morgan fingerprint density at radius 1 is 1.50 bits per heavy atom. The number of aromatic carboxylic acids is 1. The molecule has 0 saturated carbocycles. The van der Waals surface area contributed by atoms with Crippen LogP contribution < -0.4 is 0 Å². The number of aliphatic hydroxyl groups is 1. The van der Waals surface area contributed by atoms with E-state index in [9.17, 15) is 4.79 Å². The van der Waals surface area contributed by atoms with Gasteiger partial charge >= 0.3 is 5.97 Å². The molecule has 2 N–H and O–H groups in total. The second-order valence-corrected chi connectivity index (χ2v) is 2.55. The topological polar surface area (TPSA) is 101 Å². The molecule has 0 saturated heterocycles. The first-order chi connectivity index (χ1) is 6.70. The Kier molecular flexibility index (Phi) is 1.86. The van der Waals surface area contributed by atoms with Crippen LogP contribution in [-0.4, -0.2) is 35.8 Å². The van der Waals surface area contributed by atoms with Gasteiger partial charge in [-0.05, 0) is 6.07 Å². The Morgan fingerprint density at radius 2 is 2.29 bits per heavy atom. The number of fused-ring (bicyclic) bond motifs is 1. The van der Waals surface area contributed by atoms with Gasteiger partial charge in [0.05, 0.1) is 0 Å². The van der Waals surface area contributed by atoms with Crippen LogP contribution in [0.2, 0.25) is 0 Å². The maximum Gasteiger partial charge on any atom is 0.354 e. The Morgan fingerprint density at radius 3 is 2.93 bits per heavy atom. The number of carbonyl (C=O) groups is 1. The first-order valence-corrected chi connectivity index (χ1v) is 3.77. The van der Waals surface area contributed by atoms with E-state index in [1.165, 1.54) is 16.8 Å². The number of hydrogen-bond donors (Lipinski definition) is 2. The van der Waals surface area contributed by atoms with E-state index in [1.54, 1.807) is 0 Å². The Bertz CT molecular complexity index is 493. The van der Waals surface area contributed by atoms with Crippen LogP contribution in [0.15, 0.2) is 12.3 Å². The van der Waals surface area contributed by atoms with Crippen LogP contribution in [0.5, 0.6) is 0 Å². The van der Waals surface area contributed by atoms with Crippen molar-refractivity contribution in [2.24, 2.45) is 0 Å². The number of aliphatic hydroxyl groups excluding tert-OH is 1. The summed E-state index contributed by atoms with van der Waals surface area (Å²) in [5.41, 5.74) is -0.102. The summed E-state index contributed by atoms with van der Waals surface area (Å²) in [5, 5.41) is 21.2. The van der Waals surface area contributed by atoms with Crippen LogP contribution in [0.3, 0.4) is 0 Å². The number of rotatable bonds is 2. The van der Waals surface area contributed by atoms with E-state index in [0.717, 1.165) is 0 Å². The summed E-state index contributed by atoms with van der Waals surface area (Å²) >= 11 is 0. The molecule has 0 bridgehead atoms. The van der Waals surface area contributed by atoms with Gasteiger partial charge in [0, 0.05) is 6.20 Å². The van der Waals surface area contributed by atoms with Crippen LogP contribution in [0, 0.1) is 0 Å². The van der Waals surface area contributed by atoms with Crippen molar-refractivity contribution in [2.75, 3.05) is 0 Å². The summed E-state index contributed by atoms with van der Waals surface area (Å²) in [4.78, 5) is 18.1. The molecule has 14 heavy (non-hydrogen) atoms. The molecule has 72 valence electrons. The van der Waals surface area contributed by atoms with Gasteiger partial charge in [0.15, 0.2) is 11.5 Å². The Hall–Kier alpha value is -2.02. The Balaban J connectivity index is 2.59. The normalized spacial score (nSPS) is 10.6. The highest BCUT2D eigenvalue weighted by atomic mass is 16.4. The standard InChI is InChI=1S/C7H6N4O3/c12-3-5-9-7-8-4(6(13)14)1-2-11(7)10-5/h1-2,12H,3H2,(H,13,14). The van der Waals surface area contributed by atoms with E-state index in [4.69, 9.17) is 10.2 Å². The number of aromatic nitrogens is 4. The largest absolute Gasteiger partial charge is 0.477 e. The van der Waals surface area contributed by atoms with Crippen molar-refractivity contribution in [3.63, 3.8) is 0 Å². The van der Waals surface area contributed by atoms with E-state index in [0.29, 0.717) is 0 Å². The molecule has 0 aliphatic rings. The van der Waals surface area contributed by atoms with Crippen molar-refractivity contribution in [1.82, 2.24) is 19.6 Å². The van der Waals surface area contributed by atoms with Crippen LogP contribution in [0.25, 0.3) is 5.78 Å². The molecular weight excluding hydrogens is 188 g/mol. The van der Waals surface area contributed by atoms with Gasteiger partial charge in [-0.2, -0.15) is 4.98 Å². The molecule has 0 aliphatic heterocycles. The second-order valence-electron chi connectivity index (χ2n) is 2.55. The molecule has 2 heterocycles. The first-order valence-electron chi connectivity index (χ1n) is 3.77. The summed E-state index contributed by atoms with van der Waals surface area (Å²) in [6, 6.07) is 1.31. The van der Waals surface area contributed by atoms with Crippen molar-refractivity contribution in [3.8, 4) is 0 Å². The predicted molar refractivity (Wildman–Crippen MR) is 43.7 cm³/mol. The fraction of sp³-hybridized carbons (Fsp3) is 0.143. The molecule has 7 nitrogen and oxygen atoms in total. The predicted octanol–water partition coefficient (Wildman–Crippen LogP) is -0.685. The molecule has 0 aliphatic carbocycles. The van der Waals surface area contributed by atoms with Crippen LogP contribution in [0.1, 0.15) is 16.3 Å². The van der Waals surface area contributed by atoms with Gasteiger partial charge in [-0.15, -0.1) is 5.10 Å². The minimum Gasteiger partial charge on any atom is -0.477 e. The average Bonchev–Trinajstić information content (AvgIpc) is 2.58. The van der Waals surface area contributed by atoms with E-state index in [-0.39, 0.29) is 23.9 Å². The average molecular weight is 194 g/mol. The number of carboxylic acids is 1. The van der Waals surface area contributed by atoms with Crippen molar-refractivity contribution in [1.29, 1.82) is 0 Å². The number of carboxylic acid groups (broad SMARTS) is 1. The molecule has 0 radical (unpaired) electrons. The van der Waals surface area contributed by atoms with Gasteiger partial charge in [0.1, 0.15) is 6.61 Å². The van der Waals surface area contributed by atoms with Gasteiger partial charge in [-0.3, -0.25) is 0 Å². The molecule has 2 rings (SSSR count). The first kappa shape index (κ1) is 8.57. The van der Waals surface area contributed by atoms with Crippen LogP contribution in [0.4, 0.5) is 0 Å². The summed E-state index contributed by atoms with van der Waals surface area (Å²) in [5.74, 6) is -0.755. The number of hydrogen-bond acceptors (Lipinski definition) is 5. The van der Waals surface area contributed by atoms with Crippen molar-refractivity contribution < 1.29 is 15.0 Å². The van der Waals surface area contributed by atoms with Gasteiger partial charge in [0.25, 0.3) is 5.78 Å². The van der Waals surface area contributed by atoms with Gasteiger partial charge in [-0.1, -0.05) is 0 Å². The fourth-order valence-electron chi connectivity index (χ4n) is 1.01. The third-order valence-electron chi connectivity index (χ3n) is 1.61.